The predicted octanol–water partition coefficient (Wildman–Crippen LogP) is 2.93. The molecule has 0 spiro atoms. The fraction of sp³-hybridized carbons (Fsp3) is 0.417. The lowest BCUT2D eigenvalue weighted by Crippen LogP contribution is -2.18. The first kappa shape index (κ1) is 15.8. The summed E-state index contributed by atoms with van der Waals surface area (Å²) in [5.74, 6) is -3.46. The lowest BCUT2D eigenvalue weighted by atomic mass is 10.1. The number of carboxylic acids is 1. The molecule has 0 saturated carbocycles. The number of aliphatic carboxylic acids is 1. The van der Waals surface area contributed by atoms with E-state index in [2.05, 4.69) is 5.32 Å². The maximum absolute atomic E-state index is 13.6. The van der Waals surface area contributed by atoms with Crippen LogP contribution in [0.4, 0.5) is 20.2 Å². The SMILES string of the molecule is CC(CCCC(=O)O)Nc1c([N+](=O)[O-])ccc(F)c1F. The molecule has 6 nitrogen and oxygen atoms in total. The van der Waals surface area contributed by atoms with Crippen LogP contribution in [0.25, 0.3) is 0 Å². The molecule has 110 valence electrons. The van der Waals surface area contributed by atoms with Gasteiger partial charge in [0.15, 0.2) is 17.3 Å². The van der Waals surface area contributed by atoms with Gasteiger partial charge in [-0.1, -0.05) is 0 Å². The van der Waals surface area contributed by atoms with Crippen LogP contribution in [0.1, 0.15) is 26.2 Å². The smallest absolute Gasteiger partial charge is 0.303 e. The molecular weight excluding hydrogens is 274 g/mol. The van der Waals surface area contributed by atoms with Gasteiger partial charge >= 0.3 is 5.97 Å². The molecule has 0 amide bonds. The molecule has 1 aromatic carbocycles. The number of carbonyl (C=O) groups is 1. The highest BCUT2D eigenvalue weighted by molar-refractivity contribution is 5.66. The number of carboxylic acid groups (broad SMARTS) is 1. The van der Waals surface area contributed by atoms with E-state index in [9.17, 15) is 23.7 Å². The summed E-state index contributed by atoms with van der Waals surface area (Å²) in [6.07, 6.45) is 0.632. The summed E-state index contributed by atoms with van der Waals surface area (Å²) in [6.45, 7) is 1.61. The monoisotopic (exact) mass is 288 g/mol. The second kappa shape index (κ2) is 6.78. The summed E-state index contributed by atoms with van der Waals surface area (Å²) in [5, 5.41) is 21.8. The summed E-state index contributed by atoms with van der Waals surface area (Å²) < 4.78 is 26.7. The number of nitrogens with zero attached hydrogens (tertiary/aromatic N) is 1. The van der Waals surface area contributed by atoms with E-state index in [1.54, 1.807) is 6.92 Å². The molecule has 1 rings (SSSR count). The first-order chi connectivity index (χ1) is 9.32. The normalized spacial score (nSPS) is 11.9. The number of hydrogen-bond donors (Lipinski definition) is 2. The molecule has 0 aliphatic carbocycles. The number of benzene rings is 1. The number of anilines is 1. The average molecular weight is 288 g/mol. The molecular formula is C12H14F2N2O4. The Kier molecular flexibility index (Phi) is 5.36. The van der Waals surface area contributed by atoms with Gasteiger partial charge in [-0.15, -0.1) is 0 Å². The molecule has 0 aromatic heterocycles. The molecule has 0 aliphatic heterocycles. The molecule has 0 aliphatic rings. The minimum absolute atomic E-state index is 0.0558. The van der Waals surface area contributed by atoms with Gasteiger partial charge in [0.2, 0.25) is 0 Å². The van der Waals surface area contributed by atoms with E-state index in [4.69, 9.17) is 5.11 Å². The van der Waals surface area contributed by atoms with Crippen molar-refractivity contribution in [2.45, 2.75) is 32.2 Å². The zero-order chi connectivity index (χ0) is 15.3. The van der Waals surface area contributed by atoms with Crippen LogP contribution in [0.15, 0.2) is 12.1 Å². The fourth-order valence-corrected chi connectivity index (χ4v) is 1.71. The van der Waals surface area contributed by atoms with Gasteiger partial charge in [0.05, 0.1) is 4.92 Å². The lowest BCUT2D eigenvalue weighted by Gasteiger charge is -2.15. The van der Waals surface area contributed by atoms with Crippen LogP contribution >= 0.6 is 0 Å². The highest BCUT2D eigenvalue weighted by Crippen LogP contribution is 2.30. The van der Waals surface area contributed by atoms with E-state index >= 15 is 0 Å². The Bertz CT molecular complexity index is 522. The Morgan fingerprint density at radius 1 is 1.50 bits per heavy atom. The molecule has 0 fully saturated rings. The first-order valence-corrected chi connectivity index (χ1v) is 5.93. The number of rotatable bonds is 7. The quantitative estimate of drug-likeness (QED) is 0.594. The number of hydrogen-bond acceptors (Lipinski definition) is 4. The van der Waals surface area contributed by atoms with E-state index in [1.165, 1.54) is 0 Å². The van der Waals surface area contributed by atoms with Crippen molar-refractivity contribution < 1.29 is 23.6 Å². The molecule has 0 saturated heterocycles. The van der Waals surface area contributed by atoms with E-state index in [0.717, 1.165) is 6.07 Å². The largest absolute Gasteiger partial charge is 0.481 e. The predicted molar refractivity (Wildman–Crippen MR) is 67.6 cm³/mol. The Balaban J connectivity index is 2.82. The van der Waals surface area contributed by atoms with Crippen molar-refractivity contribution in [1.29, 1.82) is 0 Å². The van der Waals surface area contributed by atoms with Crippen molar-refractivity contribution in [1.82, 2.24) is 0 Å². The summed E-state index contributed by atoms with van der Waals surface area (Å²) >= 11 is 0. The molecule has 0 bridgehead atoms. The van der Waals surface area contributed by atoms with Crippen LogP contribution in [-0.2, 0) is 4.79 Å². The van der Waals surface area contributed by atoms with Gasteiger partial charge in [-0.25, -0.2) is 8.78 Å². The molecule has 1 atom stereocenters. The second-order valence-electron chi connectivity index (χ2n) is 4.34. The van der Waals surface area contributed by atoms with Gasteiger partial charge in [0.25, 0.3) is 5.69 Å². The summed E-state index contributed by atoms with van der Waals surface area (Å²) in [5.41, 5.74) is -1.08. The highest BCUT2D eigenvalue weighted by atomic mass is 19.2. The molecule has 1 aromatic rings. The summed E-state index contributed by atoms with van der Waals surface area (Å²) in [6, 6.07) is 1.14. The molecule has 2 N–H and O–H groups in total. The topological polar surface area (TPSA) is 92.5 Å². The van der Waals surface area contributed by atoms with Crippen LogP contribution < -0.4 is 5.32 Å². The third-order valence-corrected chi connectivity index (χ3v) is 2.69. The van der Waals surface area contributed by atoms with Crippen LogP contribution in [0.5, 0.6) is 0 Å². The van der Waals surface area contributed by atoms with Crippen LogP contribution in [0, 0.1) is 21.7 Å². The van der Waals surface area contributed by atoms with Gasteiger partial charge in [0.1, 0.15) is 0 Å². The van der Waals surface area contributed by atoms with Gasteiger partial charge in [0, 0.05) is 18.5 Å². The Hall–Kier alpha value is -2.25. The van der Waals surface area contributed by atoms with Crippen molar-refractivity contribution in [2.75, 3.05) is 5.32 Å². The van der Waals surface area contributed by atoms with Crippen molar-refractivity contribution in [3.63, 3.8) is 0 Å². The van der Waals surface area contributed by atoms with Crippen LogP contribution in [0.3, 0.4) is 0 Å². The van der Waals surface area contributed by atoms with Crippen molar-refractivity contribution in [3.8, 4) is 0 Å². The molecule has 1 unspecified atom stereocenters. The molecule has 0 heterocycles. The molecule has 0 radical (unpaired) electrons. The van der Waals surface area contributed by atoms with Crippen molar-refractivity contribution in [3.05, 3.63) is 33.9 Å². The second-order valence-corrected chi connectivity index (χ2v) is 4.34. The third-order valence-electron chi connectivity index (χ3n) is 2.69. The van der Waals surface area contributed by atoms with E-state index in [1.807, 2.05) is 0 Å². The Morgan fingerprint density at radius 2 is 2.15 bits per heavy atom. The highest BCUT2D eigenvalue weighted by Gasteiger charge is 2.22. The zero-order valence-corrected chi connectivity index (χ0v) is 10.7. The van der Waals surface area contributed by atoms with Crippen LogP contribution in [0.2, 0.25) is 0 Å². The summed E-state index contributed by atoms with van der Waals surface area (Å²) in [7, 11) is 0. The van der Waals surface area contributed by atoms with E-state index in [0.29, 0.717) is 18.9 Å². The minimum Gasteiger partial charge on any atom is -0.481 e. The Morgan fingerprint density at radius 3 is 2.70 bits per heavy atom. The van der Waals surface area contributed by atoms with Crippen LogP contribution in [-0.4, -0.2) is 22.0 Å². The average Bonchev–Trinajstić information content (AvgIpc) is 2.34. The van der Waals surface area contributed by atoms with Gasteiger partial charge in [-0.3, -0.25) is 14.9 Å². The number of nitro benzene ring substituents is 1. The number of nitrogens with one attached hydrogen (secondary N) is 1. The van der Waals surface area contributed by atoms with E-state index in [-0.39, 0.29) is 6.42 Å². The van der Waals surface area contributed by atoms with Crippen molar-refractivity contribution in [2.24, 2.45) is 0 Å². The van der Waals surface area contributed by atoms with Crippen molar-refractivity contribution >= 4 is 17.3 Å². The number of nitro groups is 1. The maximum Gasteiger partial charge on any atom is 0.303 e. The van der Waals surface area contributed by atoms with E-state index < -0.39 is 39.9 Å². The standard InChI is InChI=1S/C12H14F2N2O4/c1-7(3-2-4-10(17)18)15-12-9(16(19)20)6-5-8(13)11(12)14/h5-7,15H,2-4H2,1H3,(H,17,18). The van der Waals surface area contributed by atoms with Gasteiger partial charge < -0.3 is 10.4 Å². The minimum atomic E-state index is -1.32. The molecule has 20 heavy (non-hydrogen) atoms. The zero-order valence-electron chi connectivity index (χ0n) is 10.7. The Labute approximate surface area is 113 Å². The van der Waals surface area contributed by atoms with Gasteiger partial charge in [-0.05, 0) is 25.8 Å². The lowest BCUT2D eigenvalue weighted by molar-refractivity contribution is -0.384. The van der Waals surface area contributed by atoms with Gasteiger partial charge in [-0.2, -0.15) is 0 Å². The summed E-state index contributed by atoms with van der Waals surface area (Å²) in [4.78, 5) is 20.3. The maximum atomic E-state index is 13.6. The first-order valence-electron chi connectivity index (χ1n) is 5.93. The fourth-order valence-electron chi connectivity index (χ4n) is 1.71. The number of halogens is 2. The third kappa shape index (κ3) is 4.15. The molecule has 8 heteroatoms.